The van der Waals surface area contributed by atoms with Gasteiger partial charge < -0.3 is 14.8 Å². The number of hydrogen-bond donors (Lipinski definition) is 1. The molecular formula is C24H23FN4O3S. The summed E-state index contributed by atoms with van der Waals surface area (Å²) in [7, 11) is 3.17. The van der Waals surface area contributed by atoms with Gasteiger partial charge in [-0.25, -0.2) is 9.07 Å². The van der Waals surface area contributed by atoms with Crippen molar-refractivity contribution in [2.75, 3.05) is 19.5 Å². The van der Waals surface area contributed by atoms with Gasteiger partial charge in [-0.05, 0) is 48.2 Å². The summed E-state index contributed by atoms with van der Waals surface area (Å²) in [6.07, 6.45) is 2.09. The first-order chi connectivity index (χ1) is 16.1. The number of thioether (sulfide) groups is 1. The minimum atomic E-state index is -0.417. The summed E-state index contributed by atoms with van der Waals surface area (Å²) in [5, 5.41) is 8.61. The van der Waals surface area contributed by atoms with Crippen LogP contribution in [0.1, 0.15) is 36.4 Å². The van der Waals surface area contributed by atoms with E-state index in [4.69, 9.17) is 14.6 Å². The Morgan fingerprint density at radius 3 is 2.79 bits per heavy atom. The van der Waals surface area contributed by atoms with Crippen molar-refractivity contribution in [2.24, 2.45) is 0 Å². The van der Waals surface area contributed by atoms with Crippen LogP contribution in [0, 0.1) is 5.82 Å². The van der Waals surface area contributed by atoms with Gasteiger partial charge in [-0.1, -0.05) is 30.0 Å². The van der Waals surface area contributed by atoms with Crippen molar-refractivity contribution in [1.82, 2.24) is 14.8 Å². The maximum absolute atomic E-state index is 13.5. The lowest BCUT2D eigenvalue weighted by molar-refractivity contribution is -0.116. The van der Waals surface area contributed by atoms with Gasteiger partial charge in [0, 0.05) is 23.4 Å². The Morgan fingerprint density at radius 1 is 1.15 bits per heavy atom. The van der Waals surface area contributed by atoms with Crippen LogP contribution < -0.4 is 14.8 Å². The zero-order chi connectivity index (χ0) is 22.9. The molecule has 0 radical (unpaired) electrons. The second-order valence-electron chi connectivity index (χ2n) is 7.89. The number of anilines is 1. The van der Waals surface area contributed by atoms with Crippen LogP contribution >= 0.6 is 11.8 Å². The fraction of sp³-hybridized carbons (Fsp3) is 0.292. The third-order valence-corrected chi connectivity index (χ3v) is 6.74. The number of carbonyl (C=O) groups excluding carboxylic acids is 1. The normalized spacial score (nSPS) is 17.3. The van der Waals surface area contributed by atoms with Crippen LogP contribution in [0.5, 0.6) is 11.5 Å². The number of aromatic nitrogens is 3. The maximum atomic E-state index is 13.5. The minimum Gasteiger partial charge on any atom is -0.493 e. The van der Waals surface area contributed by atoms with E-state index in [9.17, 15) is 9.18 Å². The van der Waals surface area contributed by atoms with Crippen molar-refractivity contribution in [3.63, 3.8) is 0 Å². The van der Waals surface area contributed by atoms with Crippen LogP contribution in [0.15, 0.2) is 58.9 Å². The van der Waals surface area contributed by atoms with Gasteiger partial charge in [0.05, 0.1) is 14.2 Å². The van der Waals surface area contributed by atoms with E-state index in [0.29, 0.717) is 40.4 Å². The third-order valence-electron chi connectivity index (χ3n) is 5.83. The molecule has 2 aliphatic rings. The Bertz CT molecular complexity index is 1260. The van der Waals surface area contributed by atoms with Gasteiger partial charge >= 0.3 is 0 Å². The Hall–Kier alpha value is -3.33. The number of hydrogen-bond acceptors (Lipinski definition) is 7. The Kier molecular flexibility index (Phi) is 5.80. The van der Waals surface area contributed by atoms with Crippen molar-refractivity contribution in [1.29, 1.82) is 0 Å². The molecule has 0 saturated heterocycles. The lowest BCUT2D eigenvalue weighted by Crippen LogP contribution is -2.31. The molecular weight excluding hydrogens is 443 g/mol. The van der Waals surface area contributed by atoms with E-state index in [1.165, 1.54) is 23.9 Å². The molecule has 1 N–H and O–H groups in total. The smallest absolute Gasteiger partial charge is 0.227 e. The van der Waals surface area contributed by atoms with Crippen molar-refractivity contribution in [3.8, 4) is 11.5 Å². The van der Waals surface area contributed by atoms with Gasteiger partial charge in [0.15, 0.2) is 17.3 Å². The van der Waals surface area contributed by atoms with Crippen molar-refractivity contribution >= 4 is 23.5 Å². The number of fused-ring (bicyclic) bond motifs is 1. The van der Waals surface area contributed by atoms with E-state index >= 15 is 0 Å². The number of carbonyl (C=O) groups is 1. The number of ether oxygens (including phenoxy) is 2. The van der Waals surface area contributed by atoms with Gasteiger partial charge in [0.25, 0.3) is 0 Å². The molecule has 7 nitrogen and oxygen atoms in total. The fourth-order valence-corrected chi connectivity index (χ4v) is 5.08. The van der Waals surface area contributed by atoms with E-state index in [1.54, 1.807) is 25.0 Å². The summed E-state index contributed by atoms with van der Waals surface area (Å²) in [6, 6.07) is 11.7. The largest absolute Gasteiger partial charge is 0.493 e. The maximum Gasteiger partial charge on any atom is 0.227 e. The molecule has 0 fully saturated rings. The number of methoxy groups -OCH3 is 2. The molecule has 2 aromatic carbocycles. The molecule has 0 bridgehead atoms. The second-order valence-corrected chi connectivity index (χ2v) is 8.83. The quantitative estimate of drug-likeness (QED) is 0.525. The first kappa shape index (κ1) is 21.5. The molecule has 1 aromatic heterocycles. The Morgan fingerprint density at radius 2 is 2.00 bits per heavy atom. The molecule has 0 spiro atoms. The SMILES string of the molecule is COc1ccc([C@H]2C3=C(CCCC3=O)Nc3nc(SCc4cccc(F)c4)nn32)cc1OC. The number of rotatable bonds is 6. The zero-order valence-corrected chi connectivity index (χ0v) is 19.1. The first-order valence-corrected chi connectivity index (χ1v) is 11.6. The number of benzene rings is 2. The molecule has 2 heterocycles. The molecule has 1 aliphatic carbocycles. The monoisotopic (exact) mass is 466 g/mol. The van der Waals surface area contributed by atoms with Gasteiger partial charge in [0.1, 0.15) is 11.9 Å². The molecule has 0 unspecified atom stereocenters. The fourth-order valence-electron chi connectivity index (χ4n) is 4.30. The van der Waals surface area contributed by atoms with Crippen LogP contribution in [0.2, 0.25) is 0 Å². The molecule has 5 rings (SSSR count). The van der Waals surface area contributed by atoms with Crippen LogP contribution in [0.25, 0.3) is 0 Å². The highest BCUT2D eigenvalue weighted by atomic mass is 32.2. The van der Waals surface area contributed by atoms with E-state index in [2.05, 4.69) is 10.3 Å². The Labute approximate surface area is 195 Å². The summed E-state index contributed by atoms with van der Waals surface area (Å²) in [4.78, 5) is 17.7. The van der Waals surface area contributed by atoms with Crippen LogP contribution in [-0.4, -0.2) is 34.8 Å². The average Bonchev–Trinajstić information content (AvgIpc) is 3.23. The molecule has 9 heteroatoms. The Balaban J connectivity index is 1.53. The molecule has 1 atom stereocenters. The van der Waals surface area contributed by atoms with Crippen molar-refractivity contribution in [3.05, 3.63) is 70.7 Å². The molecule has 33 heavy (non-hydrogen) atoms. The summed E-state index contributed by atoms with van der Waals surface area (Å²) >= 11 is 1.42. The summed E-state index contributed by atoms with van der Waals surface area (Å²) in [6.45, 7) is 0. The minimum absolute atomic E-state index is 0.110. The highest BCUT2D eigenvalue weighted by Gasteiger charge is 2.37. The number of ketones is 1. The lowest BCUT2D eigenvalue weighted by atomic mass is 9.85. The predicted octanol–water partition coefficient (Wildman–Crippen LogP) is 4.75. The lowest BCUT2D eigenvalue weighted by Gasteiger charge is -2.32. The number of Topliss-reactive ketones (excluding diaryl/α,β-unsaturated/α-hetero) is 1. The number of nitrogens with one attached hydrogen (secondary N) is 1. The van der Waals surface area contributed by atoms with Gasteiger partial charge in [-0.15, -0.1) is 5.10 Å². The van der Waals surface area contributed by atoms with Crippen LogP contribution in [0.4, 0.5) is 10.3 Å². The summed E-state index contributed by atoms with van der Waals surface area (Å²) < 4.78 is 26.2. The van der Waals surface area contributed by atoms with Gasteiger partial charge in [-0.3, -0.25) is 4.79 Å². The standard InChI is InChI=1S/C24H23FN4O3S/c1-31-19-10-9-15(12-20(19)32-2)22-21-17(7-4-8-18(21)30)26-23-27-24(28-29(22)23)33-13-14-5-3-6-16(25)11-14/h3,5-6,9-12,22H,4,7-8,13H2,1-2H3,(H,26,27,28)/t22-/m0/s1. The number of halogens is 1. The second kappa shape index (κ2) is 8.90. The zero-order valence-electron chi connectivity index (χ0n) is 18.3. The van der Waals surface area contributed by atoms with Crippen molar-refractivity contribution < 1.29 is 18.7 Å². The molecule has 170 valence electrons. The van der Waals surface area contributed by atoms with Gasteiger partial charge in [-0.2, -0.15) is 4.98 Å². The van der Waals surface area contributed by atoms with E-state index in [1.807, 2.05) is 24.3 Å². The molecule has 0 amide bonds. The summed E-state index contributed by atoms with van der Waals surface area (Å²) in [5.41, 5.74) is 3.33. The van der Waals surface area contributed by atoms with Crippen molar-refractivity contribution in [2.45, 2.75) is 36.2 Å². The highest BCUT2D eigenvalue weighted by molar-refractivity contribution is 7.98. The van der Waals surface area contributed by atoms with Crippen LogP contribution in [-0.2, 0) is 10.5 Å². The first-order valence-electron chi connectivity index (χ1n) is 10.7. The molecule has 0 saturated carbocycles. The third kappa shape index (κ3) is 4.08. The van der Waals surface area contributed by atoms with E-state index in [0.717, 1.165) is 29.7 Å². The van der Waals surface area contributed by atoms with Crippen LogP contribution in [0.3, 0.4) is 0 Å². The average molecular weight is 467 g/mol. The molecule has 3 aromatic rings. The topological polar surface area (TPSA) is 78.3 Å². The number of nitrogens with zero attached hydrogens (tertiary/aromatic N) is 3. The molecule has 1 aliphatic heterocycles. The van der Waals surface area contributed by atoms with E-state index < -0.39 is 6.04 Å². The number of allylic oxidation sites excluding steroid dienone is 2. The predicted molar refractivity (Wildman–Crippen MR) is 123 cm³/mol. The summed E-state index contributed by atoms with van der Waals surface area (Å²) in [5.74, 6) is 2.17. The highest BCUT2D eigenvalue weighted by Crippen LogP contribution is 2.42. The van der Waals surface area contributed by atoms with E-state index in [-0.39, 0.29) is 11.6 Å². The van der Waals surface area contributed by atoms with Gasteiger partial charge in [0.2, 0.25) is 11.1 Å².